The molecule has 0 radical (unpaired) electrons. The summed E-state index contributed by atoms with van der Waals surface area (Å²) >= 11 is 12.2. The highest BCUT2D eigenvalue weighted by Crippen LogP contribution is 2.33. The number of hydrogen-bond donors (Lipinski definition) is 1. The second-order valence-electron chi connectivity index (χ2n) is 8.24. The highest BCUT2D eigenvalue weighted by Gasteiger charge is 2.48. The minimum Gasteiger partial charge on any atom is -0.489 e. The summed E-state index contributed by atoms with van der Waals surface area (Å²) in [6, 6.07) is 12.3. The molecule has 154 valence electrons. The first kappa shape index (κ1) is 21.5. The highest BCUT2D eigenvalue weighted by molar-refractivity contribution is 6.37. The SMILES string of the molecule is CC(C)(C)c1ccc(C2(C)NC(=O)N(CCOc3c(Cl)cccc3Cl)C2=O)cc1. The number of ether oxygens (including phenoxy) is 1. The molecule has 1 unspecified atom stereocenters. The molecule has 1 aliphatic heterocycles. The molecule has 0 aromatic heterocycles. The van der Waals surface area contributed by atoms with Crippen LogP contribution in [0.1, 0.15) is 38.8 Å². The lowest BCUT2D eigenvalue weighted by Crippen LogP contribution is -2.41. The van der Waals surface area contributed by atoms with Crippen LogP contribution in [0.4, 0.5) is 4.79 Å². The molecule has 1 N–H and O–H groups in total. The Balaban J connectivity index is 1.72. The van der Waals surface area contributed by atoms with E-state index in [0.717, 1.165) is 16.0 Å². The molecule has 3 amide bonds. The third-order valence-electron chi connectivity index (χ3n) is 5.08. The van der Waals surface area contributed by atoms with Gasteiger partial charge in [-0.25, -0.2) is 4.79 Å². The maximum Gasteiger partial charge on any atom is 0.325 e. The smallest absolute Gasteiger partial charge is 0.325 e. The van der Waals surface area contributed by atoms with Crippen LogP contribution in [0.15, 0.2) is 42.5 Å². The standard InChI is InChI=1S/C22H24Cl2N2O3/c1-21(2,3)14-8-10-15(11-9-14)22(4)19(27)26(20(28)25-22)12-13-29-18-16(23)6-5-7-17(18)24/h5-11H,12-13H2,1-4H3,(H,25,28). The minimum absolute atomic E-state index is 0.00568. The van der Waals surface area contributed by atoms with E-state index in [9.17, 15) is 9.59 Å². The molecule has 1 heterocycles. The molecule has 2 aromatic rings. The van der Waals surface area contributed by atoms with E-state index in [4.69, 9.17) is 27.9 Å². The summed E-state index contributed by atoms with van der Waals surface area (Å²) in [6.45, 7) is 8.26. The third-order valence-corrected chi connectivity index (χ3v) is 5.68. The number of carbonyl (C=O) groups excluding carboxylic acids is 2. The number of hydrogen-bond acceptors (Lipinski definition) is 3. The highest BCUT2D eigenvalue weighted by atomic mass is 35.5. The van der Waals surface area contributed by atoms with Gasteiger partial charge in [0.1, 0.15) is 12.1 Å². The van der Waals surface area contributed by atoms with Gasteiger partial charge in [-0.1, -0.05) is 74.3 Å². The van der Waals surface area contributed by atoms with Crippen LogP contribution in [-0.4, -0.2) is 30.0 Å². The Morgan fingerprint density at radius 1 is 1.03 bits per heavy atom. The maximum atomic E-state index is 13.0. The molecule has 1 fully saturated rings. The normalized spacial score (nSPS) is 19.4. The molecule has 29 heavy (non-hydrogen) atoms. The van der Waals surface area contributed by atoms with Crippen molar-refractivity contribution in [2.45, 2.75) is 38.6 Å². The van der Waals surface area contributed by atoms with E-state index in [0.29, 0.717) is 15.8 Å². The van der Waals surface area contributed by atoms with Crippen LogP contribution in [0, 0.1) is 0 Å². The van der Waals surface area contributed by atoms with Crippen LogP contribution >= 0.6 is 23.2 Å². The number of benzene rings is 2. The summed E-state index contributed by atoms with van der Waals surface area (Å²) in [4.78, 5) is 26.6. The van der Waals surface area contributed by atoms with Crippen molar-refractivity contribution in [3.63, 3.8) is 0 Å². The molecule has 0 spiro atoms. The quantitative estimate of drug-likeness (QED) is 0.662. The van der Waals surface area contributed by atoms with E-state index in [1.54, 1.807) is 25.1 Å². The van der Waals surface area contributed by atoms with E-state index in [2.05, 4.69) is 26.1 Å². The molecule has 2 aromatic carbocycles. The van der Waals surface area contributed by atoms with Crippen molar-refractivity contribution >= 4 is 35.1 Å². The van der Waals surface area contributed by atoms with Crippen molar-refractivity contribution in [1.82, 2.24) is 10.2 Å². The van der Waals surface area contributed by atoms with Gasteiger partial charge in [0.05, 0.1) is 16.6 Å². The maximum absolute atomic E-state index is 13.0. The average molecular weight is 435 g/mol. The lowest BCUT2D eigenvalue weighted by molar-refractivity contribution is -0.131. The number of urea groups is 1. The zero-order chi connectivity index (χ0) is 21.4. The number of carbonyl (C=O) groups is 2. The van der Waals surface area contributed by atoms with E-state index >= 15 is 0 Å². The number of halogens is 2. The second-order valence-corrected chi connectivity index (χ2v) is 9.05. The molecule has 5 nitrogen and oxygen atoms in total. The van der Waals surface area contributed by atoms with E-state index in [1.165, 1.54) is 0 Å². The van der Waals surface area contributed by atoms with Crippen molar-refractivity contribution in [2.24, 2.45) is 0 Å². The molecule has 1 saturated heterocycles. The van der Waals surface area contributed by atoms with Gasteiger partial charge in [0, 0.05) is 0 Å². The first-order chi connectivity index (χ1) is 13.5. The Morgan fingerprint density at radius 2 is 1.62 bits per heavy atom. The van der Waals surface area contributed by atoms with Gasteiger partial charge in [0.15, 0.2) is 5.75 Å². The van der Waals surface area contributed by atoms with Gasteiger partial charge in [0.2, 0.25) is 0 Å². The van der Waals surface area contributed by atoms with Crippen molar-refractivity contribution in [3.8, 4) is 5.75 Å². The topological polar surface area (TPSA) is 58.6 Å². The third kappa shape index (κ3) is 4.21. The zero-order valence-corrected chi connectivity index (χ0v) is 18.4. The van der Waals surface area contributed by atoms with Crippen LogP contribution in [-0.2, 0) is 15.7 Å². The molecule has 3 rings (SSSR count). The van der Waals surface area contributed by atoms with Crippen molar-refractivity contribution in [3.05, 3.63) is 63.6 Å². The molecule has 7 heteroatoms. The molecule has 0 saturated carbocycles. The van der Waals surface area contributed by atoms with Gasteiger partial charge in [0.25, 0.3) is 5.91 Å². The molecular formula is C22H24Cl2N2O3. The monoisotopic (exact) mass is 434 g/mol. The van der Waals surface area contributed by atoms with Gasteiger partial charge in [-0.05, 0) is 35.6 Å². The fourth-order valence-corrected chi connectivity index (χ4v) is 3.77. The Kier molecular flexibility index (Phi) is 5.84. The van der Waals surface area contributed by atoms with E-state index in [1.807, 2.05) is 24.3 Å². The molecular weight excluding hydrogens is 411 g/mol. The van der Waals surface area contributed by atoms with Gasteiger partial charge in [-0.15, -0.1) is 0 Å². The predicted molar refractivity (Wildman–Crippen MR) is 115 cm³/mol. The van der Waals surface area contributed by atoms with Gasteiger partial charge in [-0.3, -0.25) is 9.69 Å². The lowest BCUT2D eigenvalue weighted by Gasteiger charge is -2.24. The van der Waals surface area contributed by atoms with Crippen LogP contribution in [0.25, 0.3) is 0 Å². The fourth-order valence-electron chi connectivity index (χ4n) is 3.26. The first-order valence-electron chi connectivity index (χ1n) is 9.36. The predicted octanol–water partition coefficient (Wildman–Crippen LogP) is 5.14. The average Bonchev–Trinajstić information content (AvgIpc) is 2.87. The number of imide groups is 1. The molecule has 0 aliphatic carbocycles. The summed E-state index contributed by atoms with van der Waals surface area (Å²) in [6.07, 6.45) is 0. The van der Waals surface area contributed by atoms with Crippen molar-refractivity contribution < 1.29 is 14.3 Å². The van der Waals surface area contributed by atoms with Gasteiger partial charge >= 0.3 is 6.03 Å². The Hall–Kier alpha value is -2.24. The Bertz CT molecular complexity index is 918. The van der Waals surface area contributed by atoms with Crippen LogP contribution in [0.3, 0.4) is 0 Å². The molecule has 0 bridgehead atoms. The number of amides is 3. The molecule has 1 atom stereocenters. The first-order valence-corrected chi connectivity index (χ1v) is 10.1. The second kappa shape index (κ2) is 7.88. The summed E-state index contributed by atoms with van der Waals surface area (Å²) < 4.78 is 5.62. The van der Waals surface area contributed by atoms with Gasteiger partial charge in [-0.2, -0.15) is 0 Å². The number of rotatable bonds is 5. The van der Waals surface area contributed by atoms with E-state index < -0.39 is 11.6 Å². The van der Waals surface area contributed by atoms with Crippen LogP contribution in [0.2, 0.25) is 10.0 Å². The van der Waals surface area contributed by atoms with Crippen molar-refractivity contribution in [2.75, 3.05) is 13.2 Å². The van der Waals surface area contributed by atoms with Crippen LogP contribution in [0.5, 0.6) is 5.75 Å². The van der Waals surface area contributed by atoms with Crippen LogP contribution < -0.4 is 10.1 Å². The summed E-state index contributed by atoms with van der Waals surface area (Å²) in [5.41, 5.74) is 0.784. The number of nitrogens with zero attached hydrogens (tertiary/aromatic N) is 1. The minimum atomic E-state index is -1.12. The Morgan fingerprint density at radius 3 is 2.17 bits per heavy atom. The largest absolute Gasteiger partial charge is 0.489 e. The Labute approximate surface area is 180 Å². The van der Waals surface area contributed by atoms with Crippen molar-refractivity contribution in [1.29, 1.82) is 0 Å². The van der Waals surface area contributed by atoms with Gasteiger partial charge < -0.3 is 10.1 Å². The molecule has 1 aliphatic rings. The lowest BCUT2D eigenvalue weighted by atomic mass is 9.84. The number of nitrogens with one attached hydrogen (secondary N) is 1. The summed E-state index contributed by atoms with van der Waals surface area (Å²) in [7, 11) is 0. The zero-order valence-electron chi connectivity index (χ0n) is 16.9. The number of para-hydroxylation sites is 1. The summed E-state index contributed by atoms with van der Waals surface area (Å²) in [5.74, 6) is 0.0169. The van der Waals surface area contributed by atoms with E-state index in [-0.39, 0.29) is 24.5 Å². The summed E-state index contributed by atoms with van der Waals surface area (Å²) in [5, 5.41) is 3.55. The fraction of sp³-hybridized carbons (Fsp3) is 0.364.